The van der Waals surface area contributed by atoms with Gasteiger partial charge in [0, 0.05) is 36.9 Å². The molecule has 25 heavy (non-hydrogen) atoms. The van der Waals surface area contributed by atoms with Gasteiger partial charge >= 0.3 is 6.09 Å². The van der Waals surface area contributed by atoms with E-state index >= 15 is 0 Å². The zero-order valence-electron chi connectivity index (χ0n) is 14.4. The average molecular weight is 342 g/mol. The minimum atomic E-state index is -0.929. The molecule has 1 aliphatic carbocycles. The van der Waals surface area contributed by atoms with Gasteiger partial charge in [-0.15, -0.1) is 0 Å². The number of carbonyl (C=O) groups is 1. The van der Waals surface area contributed by atoms with E-state index in [4.69, 9.17) is 10.4 Å². The highest BCUT2D eigenvalue weighted by atomic mass is 16.4. The molecule has 6 heteroatoms. The molecule has 0 unspecified atom stereocenters. The van der Waals surface area contributed by atoms with Crippen molar-refractivity contribution in [3.05, 3.63) is 29.8 Å². The third-order valence-electron chi connectivity index (χ3n) is 5.31. The van der Waals surface area contributed by atoms with E-state index in [-0.39, 0.29) is 12.1 Å². The first-order valence-corrected chi connectivity index (χ1v) is 9.16. The molecule has 3 atom stereocenters. The highest BCUT2D eigenvalue weighted by molar-refractivity contribution is 5.65. The van der Waals surface area contributed by atoms with Gasteiger partial charge in [0.2, 0.25) is 0 Å². The molecule has 1 heterocycles. The van der Waals surface area contributed by atoms with Crippen LogP contribution in [-0.2, 0) is 0 Å². The summed E-state index contributed by atoms with van der Waals surface area (Å²) in [6.07, 6.45) is 5.48. The minimum absolute atomic E-state index is 0.0107. The lowest BCUT2D eigenvalue weighted by molar-refractivity contribution is 0.176. The first-order chi connectivity index (χ1) is 12.2. The van der Waals surface area contributed by atoms with E-state index in [2.05, 4.69) is 21.6 Å². The van der Waals surface area contributed by atoms with Crippen LogP contribution >= 0.6 is 0 Å². The molecule has 1 aromatic rings. The lowest BCUT2D eigenvalue weighted by atomic mass is 9.89. The van der Waals surface area contributed by atoms with Crippen LogP contribution in [0, 0.1) is 11.3 Å². The summed E-state index contributed by atoms with van der Waals surface area (Å²) in [5, 5.41) is 24.4. The topological polar surface area (TPSA) is 88.4 Å². The Labute approximate surface area is 148 Å². The van der Waals surface area contributed by atoms with E-state index in [0.29, 0.717) is 11.6 Å². The molecule has 0 radical (unpaired) electrons. The van der Waals surface area contributed by atoms with Crippen LogP contribution in [0.25, 0.3) is 0 Å². The van der Waals surface area contributed by atoms with E-state index < -0.39 is 6.09 Å². The van der Waals surface area contributed by atoms with Crippen molar-refractivity contribution < 1.29 is 9.90 Å². The van der Waals surface area contributed by atoms with Crippen molar-refractivity contribution in [2.24, 2.45) is 0 Å². The molecule has 0 bridgehead atoms. The number of piperidine rings is 1. The first kappa shape index (κ1) is 17.6. The molecule has 2 aliphatic rings. The number of hydrogen-bond donors (Lipinski definition) is 3. The Kier molecular flexibility index (Phi) is 5.77. The van der Waals surface area contributed by atoms with Crippen LogP contribution in [0.15, 0.2) is 24.3 Å². The van der Waals surface area contributed by atoms with Crippen LogP contribution in [0.3, 0.4) is 0 Å². The van der Waals surface area contributed by atoms with Crippen molar-refractivity contribution in [3.8, 4) is 6.07 Å². The minimum Gasteiger partial charge on any atom is -0.465 e. The molecule has 3 rings (SSSR count). The highest BCUT2D eigenvalue weighted by Gasteiger charge is 2.30. The lowest BCUT2D eigenvalue weighted by Crippen LogP contribution is -2.57. The second kappa shape index (κ2) is 8.21. The fraction of sp³-hybridized carbons (Fsp3) is 0.579. The number of carboxylic acid groups (broad SMARTS) is 1. The van der Waals surface area contributed by atoms with E-state index in [1.807, 2.05) is 24.3 Å². The van der Waals surface area contributed by atoms with Crippen LogP contribution in [-0.4, -0.2) is 42.4 Å². The Hall–Kier alpha value is -2.26. The number of nitriles is 1. The van der Waals surface area contributed by atoms with Gasteiger partial charge in [-0.1, -0.05) is 12.8 Å². The summed E-state index contributed by atoms with van der Waals surface area (Å²) in [5.74, 6) is 0. The Morgan fingerprint density at radius 1 is 1.12 bits per heavy atom. The fourth-order valence-corrected chi connectivity index (χ4v) is 4.06. The highest BCUT2D eigenvalue weighted by Crippen LogP contribution is 2.23. The van der Waals surface area contributed by atoms with Gasteiger partial charge in [-0.3, -0.25) is 0 Å². The Balaban J connectivity index is 1.60. The number of nitrogens with zero attached hydrogens (tertiary/aromatic N) is 2. The summed E-state index contributed by atoms with van der Waals surface area (Å²) in [6.45, 7) is 1.94. The van der Waals surface area contributed by atoms with E-state index in [0.717, 1.165) is 57.3 Å². The maximum atomic E-state index is 11.0. The van der Waals surface area contributed by atoms with Crippen molar-refractivity contribution in [1.82, 2.24) is 10.6 Å². The molecule has 0 spiro atoms. The third-order valence-corrected chi connectivity index (χ3v) is 5.31. The Morgan fingerprint density at radius 3 is 2.52 bits per heavy atom. The van der Waals surface area contributed by atoms with Crippen molar-refractivity contribution in [1.29, 1.82) is 5.26 Å². The van der Waals surface area contributed by atoms with Crippen LogP contribution in [0.4, 0.5) is 10.5 Å². The number of benzene rings is 1. The molecular weight excluding hydrogens is 316 g/mol. The van der Waals surface area contributed by atoms with Gasteiger partial charge in [0.05, 0.1) is 11.6 Å². The first-order valence-electron chi connectivity index (χ1n) is 9.16. The third kappa shape index (κ3) is 4.64. The predicted octanol–water partition coefficient (Wildman–Crippen LogP) is 2.70. The van der Waals surface area contributed by atoms with E-state index in [1.165, 1.54) is 0 Å². The smallest absolute Gasteiger partial charge is 0.404 e. The van der Waals surface area contributed by atoms with Gasteiger partial charge < -0.3 is 20.6 Å². The average Bonchev–Trinajstić information content (AvgIpc) is 2.63. The Bertz CT molecular complexity index is 625. The molecule has 1 amide bonds. The van der Waals surface area contributed by atoms with Crippen LogP contribution in [0.1, 0.15) is 44.1 Å². The summed E-state index contributed by atoms with van der Waals surface area (Å²) >= 11 is 0. The monoisotopic (exact) mass is 342 g/mol. The zero-order valence-corrected chi connectivity index (χ0v) is 14.4. The quantitative estimate of drug-likeness (QED) is 0.783. The number of anilines is 1. The summed E-state index contributed by atoms with van der Waals surface area (Å²) in [7, 11) is 0. The summed E-state index contributed by atoms with van der Waals surface area (Å²) in [6, 6.07) is 10.5. The van der Waals surface area contributed by atoms with Crippen LogP contribution in [0.5, 0.6) is 0 Å². The lowest BCUT2D eigenvalue weighted by Gasteiger charge is -2.40. The summed E-state index contributed by atoms with van der Waals surface area (Å²) in [4.78, 5) is 13.4. The summed E-state index contributed by atoms with van der Waals surface area (Å²) < 4.78 is 0. The van der Waals surface area contributed by atoms with Crippen molar-refractivity contribution >= 4 is 11.8 Å². The number of amides is 1. The number of hydrogen-bond acceptors (Lipinski definition) is 4. The molecule has 2 fully saturated rings. The molecule has 134 valence electrons. The van der Waals surface area contributed by atoms with Gasteiger partial charge in [0.25, 0.3) is 0 Å². The normalized spacial score (nSPS) is 26.7. The molecule has 0 aromatic heterocycles. The molecule has 1 saturated heterocycles. The number of rotatable bonds is 4. The van der Waals surface area contributed by atoms with E-state index in [9.17, 15) is 4.79 Å². The maximum absolute atomic E-state index is 11.0. The standard InChI is InChI=1S/C19H26N4O2/c20-12-14-7-9-16(10-8-14)23-11-3-4-15(13-23)21-17-5-1-2-6-18(17)22-19(24)25/h7-10,15,17-18,21-22H,1-6,11,13H2,(H,24,25)/t15-,17+,18+/m0/s1. The second-order valence-corrected chi connectivity index (χ2v) is 7.06. The second-order valence-electron chi connectivity index (χ2n) is 7.06. The van der Waals surface area contributed by atoms with Gasteiger partial charge in [0.15, 0.2) is 0 Å². The van der Waals surface area contributed by atoms with Crippen molar-refractivity contribution in [3.63, 3.8) is 0 Å². The molecule has 1 saturated carbocycles. The van der Waals surface area contributed by atoms with Crippen molar-refractivity contribution in [2.45, 2.75) is 56.7 Å². The molecule has 1 aromatic carbocycles. The van der Waals surface area contributed by atoms with Gasteiger partial charge in [0.1, 0.15) is 0 Å². The van der Waals surface area contributed by atoms with Crippen LogP contribution in [0.2, 0.25) is 0 Å². The molecule has 6 nitrogen and oxygen atoms in total. The molecule has 3 N–H and O–H groups in total. The van der Waals surface area contributed by atoms with Crippen LogP contribution < -0.4 is 15.5 Å². The largest absolute Gasteiger partial charge is 0.465 e. The van der Waals surface area contributed by atoms with Gasteiger partial charge in [-0.05, 0) is 49.9 Å². The number of nitrogens with one attached hydrogen (secondary N) is 2. The SMILES string of the molecule is N#Cc1ccc(N2CCC[C@H](N[C@@H]3CCCC[C@H]3NC(=O)O)C2)cc1. The van der Waals surface area contributed by atoms with E-state index in [1.54, 1.807) is 0 Å². The van der Waals surface area contributed by atoms with Gasteiger partial charge in [-0.2, -0.15) is 5.26 Å². The van der Waals surface area contributed by atoms with Crippen molar-refractivity contribution in [2.75, 3.05) is 18.0 Å². The molecular formula is C19H26N4O2. The maximum Gasteiger partial charge on any atom is 0.404 e. The summed E-state index contributed by atoms with van der Waals surface area (Å²) in [5.41, 5.74) is 1.83. The molecule has 1 aliphatic heterocycles. The Morgan fingerprint density at radius 2 is 1.84 bits per heavy atom. The predicted molar refractivity (Wildman–Crippen MR) is 96.7 cm³/mol. The fourth-order valence-electron chi connectivity index (χ4n) is 4.06. The van der Waals surface area contributed by atoms with Gasteiger partial charge in [-0.25, -0.2) is 4.79 Å². The zero-order chi connectivity index (χ0) is 17.6.